The van der Waals surface area contributed by atoms with E-state index < -0.39 is 16.9 Å². The first-order valence-electron chi connectivity index (χ1n) is 13.6. The SMILES string of the molecule is C[C@@H]1NC(=O)C2(CCCCOC[C@H](C)NC1=O)CCN(C(=O)C1(c3ccc(F)cc3)CCOCC1)CC2. The lowest BCUT2D eigenvalue weighted by atomic mass is 9.70. The summed E-state index contributed by atoms with van der Waals surface area (Å²) in [5.41, 5.74) is -0.565. The summed E-state index contributed by atoms with van der Waals surface area (Å²) < 4.78 is 24.9. The van der Waals surface area contributed by atoms with Gasteiger partial charge >= 0.3 is 0 Å². The average Bonchev–Trinajstić information content (AvgIpc) is 2.91. The van der Waals surface area contributed by atoms with Crippen molar-refractivity contribution in [2.45, 2.75) is 76.3 Å². The molecule has 3 aliphatic rings. The second-order valence-corrected chi connectivity index (χ2v) is 10.9. The van der Waals surface area contributed by atoms with Gasteiger partial charge in [0.25, 0.3) is 0 Å². The third-order valence-corrected chi connectivity index (χ3v) is 8.33. The molecule has 0 unspecified atom stereocenters. The molecule has 8 nitrogen and oxygen atoms in total. The second kappa shape index (κ2) is 11.9. The molecule has 3 amide bonds. The van der Waals surface area contributed by atoms with E-state index in [4.69, 9.17) is 9.47 Å². The summed E-state index contributed by atoms with van der Waals surface area (Å²) in [6, 6.07) is 5.45. The van der Waals surface area contributed by atoms with Crippen molar-refractivity contribution >= 4 is 17.7 Å². The minimum Gasteiger partial charge on any atom is -0.381 e. The molecule has 1 spiro atoms. The molecule has 0 aromatic heterocycles. The molecular formula is C28H40FN3O5. The van der Waals surface area contributed by atoms with Gasteiger partial charge in [0.2, 0.25) is 17.7 Å². The van der Waals surface area contributed by atoms with E-state index in [9.17, 15) is 18.8 Å². The van der Waals surface area contributed by atoms with E-state index in [-0.39, 0.29) is 29.6 Å². The number of nitrogens with one attached hydrogen (secondary N) is 2. The molecular weight excluding hydrogens is 477 g/mol. The minimum absolute atomic E-state index is 0.0254. The summed E-state index contributed by atoms with van der Waals surface area (Å²) in [7, 11) is 0. The first-order chi connectivity index (χ1) is 17.8. The van der Waals surface area contributed by atoms with Crippen molar-refractivity contribution in [3.63, 3.8) is 0 Å². The van der Waals surface area contributed by atoms with Gasteiger partial charge in [-0.1, -0.05) is 18.6 Å². The lowest BCUT2D eigenvalue weighted by Crippen LogP contribution is -2.57. The number of rotatable bonds is 2. The highest BCUT2D eigenvalue weighted by atomic mass is 19.1. The minimum atomic E-state index is -0.746. The van der Waals surface area contributed by atoms with Gasteiger partial charge in [-0.05, 0) is 70.1 Å². The summed E-state index contributed by atoms with van der Waals surface area (Å²) in [5, 5.41) is 5.84. The third-order valence-electron chi connectivity index (χ3n) is 8.33. The summed E-state index contributed by atoms with van der Waals surface area (Å²) in [4.78, 5) is 42.0. The van der Waals surface area contributed by atoms with Crippen LogP contribution < -0.4 is 10.6 Å². The predicted molar refractivity (Wildman–Crippen MR) is 136 cm³/mol. The first-order valence-corrected chi connectivity index (χ1v) is 13.6. The fourth-order valence-corrected chi connectivity index (χ4v) is 5.90. The normalized spacial score (nSPS) is 27.3. The Morgan fingerprint density at radius 3 is 2.27 bits per heavy atom. The molecule has 2 atom stereocenters. The molecule has 204 valence electrons. The standard InChI is InChI=1S/C28H40FN3O5/c1-20-19-37-16-4-3-9-27(25(34)31-21(2)24(33)30-20)10-14-32(15-11-27)26(35)28(12-17-36-18-13-28)22-5-7-23(29)8-6-22/h5-8,20-21H,3-4,9-19H2,1-2H3,(H,30,33)(H,31,34)/t20-,21-/m0/s1. The number of halogens is 1. The largest absolute Gasteiger partial charge is 0.381 e. The van der Waals surface area contributed by atoms with E-state index in [0.717, 1.165) is 18.4 Å². The third kappa shape index (κ3) is 6.14. The molecule has 0 aliphatic carbocycles. The Balaban J connectivity index is 1.50. The highest BCUT2D eigenvalue weighted by Crippen LogP contribution is 2.41. The van der Waals surface area contributed by atoms with Crippen LogP contribution in [0.5, 0.6) is 0 Å². The Morgan fingerprint density at radius 2 is 1.59 bits per heavy atom. The number of piperidine rings is 1. The summed E-state index contributed by atoms with van der Waals surface area (Å²) in [6.07, 6.45) is 4.52. The molecule has 0 saturated carbocycles. The molecule has 9 heteroatoms. The molecule has 3 fully saturated rings. The Kier molecular flexibility index (Phi) is 8.85. The monoisotopic (exact) mass is 517 g/mol. The van der Waals surface area contributed by atoms with Gasteiger partial charge in [-0.2, -0.15) is 0 Å². The van der Waals surface area contributed by atoms with Crippen LogP contribution in [0.15, 0.2) is 24.3 Å². The van der Waals surface area contributed by atoms with Crippen LogP contribution in [0.3, 0.4) is 0 Å². The van der Waals surface area contributed by atoms with Crippen molar-refractivity contribution in [2.24, 2.45) is 5.41 Å². The smallest absolute Gasteiger partial charge is 0.242 e. The topological polar surface area (TPSA) is 97.0 Å². The molecule has 0 bridgehead atoms. The van der Waals surface area contributed by atoms with Gasteiger partial charge in [0.1, 0.15) is 11.9 Å². The zero-order chi connectivity index (χ0) is 26.5. The number of benzene rings is 1. The second-order valence-electron chi connectivity index (χ2n) is 10.9. The van der Waals surface area contributed by atoms with E-state index >= 15 is 0 Å². The van der Waals surface area contributed by atoms with E-state index in [2.05, 4.69) is 10.6 Å². The maximum absolute atomic E-state index is 14.0. The highest BCUT2D eigenvalue weighted by molar-refractivity contribution is 5.91. The molecule has 4 rings (SSSR count). The number of likely N-dealkylation sites (tertiary alicyclic amines) is 1. The van der Waals surface area contributed by atoms with Crippen molar-refractivity contribution in [3.05, 3.63) is 35.6 Å². The Hall–Kier alpha value is -2.52. The van der Waals surface area contributed by atoms with Crippen LogP contribution in [0.2, 0.25) is 0 Å². The van der Waals surface area contributed by atoms with Crippen molar-refractivity contribution < 1.29 is 28.2 Å². The van der Waals surface area contributed by atoms with E-state index in [0.29, 0.717) is 71.6 Å². The lowest BCUT2D eigenvalue weighted by molar-refractivity contribution is -0.148. The lowest BCUT2D eigenvalue weighted by Gasteiger charge is -2.45. The molecule has 3 heterocycles. The van der Waals surface area contributed by atoms with Gasteiger partial charge in [0.05, 0.1) is 17.4 Å². The van der Waals surface area contributed by atoms with Gasteiger partial charge in [-0.25, -0.2) is 4.39 Å². The van der Waals surface area contributed by atoms with Crippen LogP contribution in [-0.2, 0) is 29.3 Å². The van der Waals surface area contributed by atoms with Crippen molar-refractivity contribution in [1.29, 1.82) is 0 Å². The summed E-state index contributed by atoms with van der Waals surface area (Å²) in [5.74, 6) is -0.649. The van der Waals surface area contributed by atoms with Gasteiger partial charge in [-0.15, -0.1) is 0 Å². The van der Waals surface area contributed by atoms with Crippen LogP contribution in [0.4, 0.5) is 4.39 Å². The van der Waals surface area contributed by atoms with Gasteiger partial charge in [-0.3, -0.25) is 14.4 Å². The molecule has 1 aromatic carbocycles. The Bertz CT molecular complexity index is 955. The predicted octanol–water partition coefficient (Wildman–Crippen LogP) is 2.69. The summed E-state index contributed by atoms with van der Waals surface area (Å²) >= 11 is 0. The molecule has 2 N–H and O–H groups in total. The maximum Gasteiger partial charge on any atom is 0.242 e. The fraction of sp³-hybridized carbons (Fsp3) is 0.679. The number of carbonyl (C=O) groups is 3. The van der Waals surface area contributed by atoms with Crippen LogP contribution in [0, 0.1) is 11.2 Å². The number of amides is 3. The fourth-order valence-electron chi connectivity index (χ4n) is 5.90. The van der Waals surface area contributed by atoms with E-state index in [1.807, 2.05) is 11.8 Å². The number of nitrogens with zero attached hydrogens (tertiary/aromatic N) is 1. The van der Waals surface area contributed by atoms with Crippen LogP contribution in [0.25, 0.3) is 0 Å². The number of carbonyl (C=O) groups excluding carboxylic acids is 3. The zero-order valence-corrected chi connectivity index (χ0v) is 22.0. The summed E-state index contributed by atoms with van der Waals surface area (Å²) in [6.45, 7) is 6.49. The maximum atomic E-state index is 14.0. The average molecular weight is 518 g/mol. The van der Waals surface area contributed by atoms with Gasteiger partial charge in [0, 0.05) is 39.0 Å². The van der Waals surface area contributed by atoms with Crippen LogP contribution in [0.1, 0.15) is 64.4 Å². The van der Waals surface area contributed by atoms with E-state index in [1.165, 1.54) is 12.1 Å². The first kappa shape index (κ1) is 27.5. The number of ether oxygens (including phenoxy) is 2. The van der Waals surface area contributed by atoms with Gasteiger partial charge in [0.15, 0.2) is 0 Å². The number of hydrogen-bond acceptors (Lipinski definition) is 5. The van der Waals surface area contributed by atoms with Crippen LogP contribution >= 0.6 is 0 Å². The molecule has 1 aromatic rings. The molecule has 0 radical (unpaired) electrons. The molecule has 37 heavy (non-hydrogen) atoms. The molecule has 3 aliphatic heterocycles. The Morgan fingerprint density at radius 1 is 0.919 bits per heavy atom. The van der Waals surface area contributed by atoms with Crippen molar-refractivity contribution in [2.75, 3.05) is 39.5 Å². The quantitative estimate of drug-likeness (QED) is 0.629. The van der Waals surface area contributed by atoms with Crippen molar-refractivity contribution in [1.82, 2.24) is 15.5 Å². The number of hydrogen-bond donors (Lipinski definition) is 2. The zero-order valence-electron chi connectivity index (χ0n) is 22.0. The van der Waals surface area contributed by atoms with Crippen molar-refractivity contribution in [3.8, 4) is 0 Å². The van der Waals surface area contributed by atoms with Gasteiger partial charge < -0.3 is 25.0 Å². The van der Waals surface area contributed by atoms with Crippen LogP contribution in [-0.4, -0.2) is 74.2 Å². The molecule has 3 saturated heterocycles. The highest BCUT2D eigenvalue weighted by Gasteiger charge is 2.48. The Labute approximate surface area is 218 Å². The van der Waals surface area contributed by atoms with E-state index in [1.54, 1.807) is 19.1 Å².